The van der Waals surface area contributed by atoms with Crippen LogP contribution in [0.15, 0.2) is 53.9 Å². The first-order valence-corrected chi connectivity index (χ1v) is 9.02. The summed E-state index contributed by atoms with van der Waals surface area (Å²) in [4.78, 5) is 12.4. The third kappa shape index (κ3) is 4.00. The first-order valence-electron chi connectivity index (χ1n) is 7.66. The summed E-state index contributed by atoms with van der Waals surface area (Å²) in [6.45, 7) is 0. The zero-order valence-corrected chi connectivity index (χ0v) is 15.8. The summed E-state index contributed by atoms with van der Waals surface area (Å²) in [7, 11) is 3.14. The second-order valence-electron chi connectivity index (χ2n) is 5.25. The number of hydrogen-bond donors (Lipinski definition) is 0. The summed E-state index contributed by atoms with van der Waals surface area (Å²) in [5.74, 6) is 1.43. The van der Waals surface area contributed by atoms with Gasteiger partial charge in [0.15, 0.2) is 10.9 Å². The van der Waals surface area contributed by atoms with Crippen molar-refractivity contribution < 1.29 is 14.3 Å². The fourth-order valence-corrected chi connectivity index (χ4v) is 3.39. The minimum atomic E-state index is -0.0558. The number of nitrogens with zero attached hydrogens (tertiary/aromatic N) is 3. The molecule has 0 saturated heterocycles. The summed E-state index contributed by atoms with van der Waals surface area (Å²) in [5, 5.41) is 9.06. The lowest BCUT2D eigenvalue weighted by molar-refractivity contribution is 0.102. The van der Waals surface area contributed by atoms with E-state index in [-0.39, 0.29) is 11.5 Å². The van der Waals surface area contributed by atoms with E-state index in [1.807, 2.05) is 28.8 Å². The van der Waals surface area contributed by atoms with Crippen molar-refractivity contribution >= 4 is 29.1 Å². The molecule has 3 aromatic rings. The van der Waals surface area contributed by atoms with Crippen molar-refractivity contribution in [1.29, 1.82) is 0 Å². The Morgan fingerprint density at radius 2 is 2.04 bits per heavy atom. The Morgan fingerprint density at radius 1 is 1.19 bits per heavy atom. The van der Waals surface area contributed by atoms with Crippen molar-refractivity contribution in [3.05, 3.63) is 59.4 Å². The van der Waals surface area contributed by atoms with Gasteiger partial charge in [-0.15, -0.1) is 10.2 Å². The number of rotatable bonds is 7. The molecule has 0 saturated carbocycles. The molecule has 0 unspecified atom stereocenters. The van der Waals surface area contributed by atoms with E-state index in [0.29, 0.717) is 21.5 Å². The lowest BCUT2D eigenvalue weighted by Gasteiger charge is -2.08. The van der Waals surface area contributed by atoms with Gasteiger partial charge in [0.2, 0.25) is 0 Å². The molecule has 0 bridgehead atoms. The monoisotopic (exact) mass is 389 g/mol. The summed E-state index contributed by atoms with van der Waals surface area (Å²) in [6, 6.07) is 12.5. The molecule has 0 radical (unpaired) electrons. The van der Waals surface area contributed by atoms with Crippen LogP contribution < -0.4 is 9.47 Å². The van der Waals surface area contributed by atoms with E-state index in [2.05, 4.69) is 10.2 Å². The Labute approximate surface area is 160 Å². The van der Waals surface area contributed by atoms with Crippen LogP contribution >= 0.6 is 23.4 Å². The third-order valence-corrected chi connectivity index (χ3v) is 4.89. The molecule has 0 aliphatic rings. The number of carbonyl (C=O) groups excluding carboxylic acids is 1. The van der Waals surface area contributed by atoms with Crippen molar-refractivity contribution in [3.63, 3.8) is 0 Å². The maximum atomic E-state index is 12.4. The van der Waals surface area contributed by atoms with Crippen molar-refractivity contribution in [2.45, 2.75) is 5.16 Å². The quantitative estimate of drug-likeness (QED) is 0.451. The highest BCUT2D eigenvalue weighted by atomic mass is 35.5. The zero-order valence-electron chi connectivity index (χ0n) is 14.2. The molecule has 0 atom stereocenters. The van der Waals surface area contributed by atoms with Gasteiger partial charge in [-0.25, -0.2) is 0 Å². The molecule has 0 N–H and O–H groups in total. The second-order valence-corrected chi connectivity index (χ2v) is 6.60. The SMILES string of the molecule is COc1cccc(-n2cnnc2SCC(=O)c2ccc(OC)c(Cl)c2)c1. The van der Waals surface area contributed by atoms with E-state index in [9.17, 15) is 4.79 Å². The number of benzene rings is 2. The van der Waals surface area contributed by atoms with Crippen LogP contribution in [-0.2, 0) is 0 Å². The number of hydrogen-bond acceptors (Lipinski definition) is 6. The molecule has 3 rings (SSSR count). The normalized spacial score (nSPS) is 10.6. The molecular weight excluding hydrogens is 374 g/mol. The van der Waals surface area contributed by atoms with Gasteiger partial charge in [0.1, 0.15) is 17.8 Å². The maximum Gasteiger partial charge on any atom is 0.196 e. The highest BCUT2D eigenvalue weighted by Crippen LogP contribution is 2.27. The van der Waals surface area contributed by atoms with Crippen LogP contribution in [0.3, 0.4) is 0 Å². The lowest BCUT2D eigenvalue weighted by atomic mass is 10.1. The molecule has 1 aromatic heterocycles. The summed E-state index contributed by atoms with van der Waals surface area (Å²) >= 11 is 7.39. The van der Waals surface area contributed by atoms with Gasteiger partial charge in [-0.2, -0.15) is 0 Å². The van der Waals surface area contributed by atoms with Gasteiger partial charge >= 0.3 is 0 Å². The van der Waals surface area contributed by atoms with Gasteiger partial charge < -0.3 is 9.47 Å². The first kappa shape index (κ1) is 18.3. The fraction of sp³-hybridized carbons (Fsp3) is 0.167. The zero-order chi connectivity index (χ0) is 18.5. The highest BCUT2D eigenvalue weighted by molar-refractivity contribution is 7.99. The van der Waals surface area contributed by atoms with Crippen LogP contribution in [0.4, 0.5) is 0 Å². The van der Waals surface area contributed by atoms with E-state index in [0.717, 1.165) is 11.4 Å². The van der Waals surface area contributed by atoms with E-state index in [1.165, 1.54) is 18.9 Å². The predicted octanol–water partition coefficient (Wildman–Crippen LogP) is 3.91. The van der Waals surface area contributed by atoms with Crippen LogP contribution in [0.5, 0.6) is 11.5 Å². The second kappa shape index (κ2) is 8.25. The molecule has 26 heavy (non-hydrogen) atoms. The number of carbonyl (C=O) groups is 1. The Morgan fingerprint density at radius 3 is 2.77 bits per heavy atom. The van der Waals surface area contributed by atoms with Gasteiger partial charge in [0.05, 0.1) is 30.7 Å². The molecule has 2 aromatic carbocycles. The molecule has 0 fully saturated rings. The molecule has 0 spiro atoms. The number of aromatic nitrogens is 3. The van der Waals surface area contributed by atoms with Crippen molar-refractivity contribution in [2.75, 3.05) is 20.0 Å². The highest BCUT2D eigenvalue weighted by Gasteiger charge is 2.13. The van der Waals surface area contributed by atoms with E-state index < -0.39 is 0 Å². The van der Waals surface area contributed by atoms with Crippen LogP contribution in [0.25, 0.3) is 5.69 Å². The number of methoxy groups -OCH3 is 2. The van der Waals surface area contributed by atoms with E-state index in [1.54, 1.807) is 31.6 Å². The van der Waals surface area contributed by atoms with Crippen molar-refractivity contribution in [1.82, 2.24) is 14.8 Å². The van der Waals surface area contributed by atoms with Crippen LogP contribution in [0.1, 0.15) is 10.4 Å². The minimum Gasteiger partial charge on any atom is -0.497 e. The lowest BCUT2D eigenvalue weighted by Crippen LogP contribution is -2.04. The molecule has 134 valence electrons. The maximum absolute atomic E-state index is 12.4. The van der Waals surface area contributed by atoms with Crippen LogP contribution in [0, 0.1) is 0 Å². The predicted molar refractivity (Wildman–Crippen MR) is 101 cm³/mol. The Balaban J connectivity index is 1.73. The molecule has 8 heteroatoms. The van der Waals surface area contributed by atoms with E-state index >= 15 is 0 Å². The number of Topliss-reactive ketones (excluding diaryl/α,β-unsaturated/α-hetero) is 1. The standard InChI is InChI=1S/C18H16ClN3O3S/c1-24-14-5-3-4-13(9-14)22-11-20-21-18(22)26-10-16(23)12-6-7-17(25-2)15(19)8-12/h3-9,11H,10H2,1-2H3. The van der Waals surface area contributed by atoms with Crippen LogP contribution in [-0.4, -0.2) is 40.5 Å². The topological polar surface area (TPSA) is 66.2 Å². The number of halogens is 1. The van der Waals surface area contributed by atoms with Gasteiger partial charge in [0.25, 0.3) is 0 Å². The molecule has 6 nitrogen and oxygen atoms in total. The Kier molecular flexibility index (Phi) is 5.80. The first-order chi connectivity index (χ1) is 12.6. The van der Waals surface area contributed by atoms with Gasteiger partial charge in [-0.05, 0) is 30.3 Å². The summed E-state index contributed by atoms with van der Waals surface area (Å²) < 4.78 is 12.1. The fourth-order valence-electron chi connectivity index (χ4n) is 2.31. The third-order valence-electron chi connectivity index (χ3n) is 3.65. The number of thioether (sulfide) groups is 1. The summed E-state index contributed by atoms with van der Waals surface area (Å²) in [5.41, 5.74) is 1.38. The molecule has 0 aliphatic heterocycles. The minimum absolute atomic E-state index is 0.0558. The van der Waals surface area contributed by atoms with Gasteiger partial charge in [0, 0.05) is 11.6 Å². The molecule has 0 aliphatic carbocycles. The number of ether oxygens (including phenoxy) is 2. The van der Waals surface area contributed by atoms with Crippen LogP contribution in [0.2, 0.25) is 5.02 Å². The average Bonchev–Trinajstić information content (AvgIpc) is 3.14. The molecule has 0 amide bonds. The van der Waals surface area contributed by atoms with Crippen molar-refractivity contribution in [3.8, 4) is 17.2 Å². The molecule has 1 heterocycles. The largest absolute Gasteiger partial charge is 0.497 e. The molecular formula is C18H16ClN3O3S. The Hall–Kier alpha value is -2.51. The summed E-state index contributed by atoms with van der Waals surface area (Å²) in [6.07, 6.45) is 1.60. The number of ketones is 1. The van der Waals surface area contributed by atoms with Crippen molar-refractivity contribution in [2.24, 2.45) is 0 Å². The Bertz CT molecular complexity index is 930. The van der Waals surface area contributed by atoms with Gasteiger partial charge in [-0.3, -0.25) is 9.36 Å². The average molecular weight is 390 g/mol. The smallest absolute Gasteiger partial charge is 0.196 e. The van der Waals surface area contributed by atoms with Gasteiger partial charge in [-0.1, -0.05) is 29.4 Å². The van der Waals surface area contributed by atoms with E-state index in [4.69, 9.17) is 21.1 Å².